The number of nitrogens with one attached hydrogen (secondary N) is 1. The van der Waals surface area contributed by atoms with E-state index in [1.54, 1.807) is 20.8 Å². The summed E-state index contributed by atoms with van der Waals surface area (Å²) in [5, 5.41) is 22.2. The number of aliphatic hydroxyl groups is 2. The number of halogens is 2. The van der Waals surface area contributed by atoms with Crippen LogP contribution in [0.2, 0.25) is 5.02 Å². The van der Waals surface area contributed by atoms with Gasteiger partial charge in [-0.05, 0) is 44.9 Å². The van der Waals surface area contributed by atoms with Crippen LogP contribution >= 0.6 is 11.6 Å². The van der Waals surface area contributed by atoms with E-state index in [-0.39, 0.29) is 18.0 Å². The van der Waals surface area contributed by atoms with Crippen molar-refractivity contribution in [3.05, 3.63) is 34.6 Å². The van der Waals surface area contributed by atoms with E-state index in [9.17, 15) is 19.4 Å². The normalized spacial score (nSPS) is 14.3. The van der Waals surface area contributed by atoms with Gasteiger partial charge < -0.3 is 20.3 Å². The molecule has 2 unspecified atom stereocenters. The fourth-order valence-electron chi connectivity index (χ4n) is 1.71. The molecule has 1 rings (SSSR count). The predicted octanol–water partition coefficient (Wildman–Crippen LogP) is 2.79. The Morgan fingerprint density at radius 2 is 2.05 bits per heavy atom. The molecule has 5 nitrogen and oxygen atoms in total. The van der Waals surface area contributed by atoms with Gasteiger partial charge in [-0.1, -0.05) is 17.7 Å². The number of aliphatic hydroxyl groups excluding tert-OH is 2. The maximum absolute atomic E-state index is 13.1. The van der Waals surface area contributed by atoms with Crippen molar-refractivity contribution in [1.29, 1.82) is 0 Å². The van der Waals surface area contributed by atoms with Crippen molar-refractivity contribution >= 4 is 17.7 Å². The summed E-state index contributed by atoms with van der Waals surface area (Å²) in [7, 11) is 0. The third-order valence-electron chi connectivity index (χ3n) is 2.76. The molecule has 7 heteroatoms. The molecule has 0 aromatic heterocycles. The van der Waals surface area contributed by atoms with Crippen LogP contribution in [0.1, 0.15) is 38.9 Å². The zero-order chi connectivity index (χ0) is 16.9. The van der Waals surface area contributed by atoms with Crippen molar-refractivity contribution in [2.45, 2.75) is 45.0 Å². The van der Waals surface area contributed by atoms with Gasteiger partial charge in [0.1, 0.15) is 17.5 Å². The Bertz CT molecular complexity index is 519. The molecule has 124 valence electrons. The Kier molecular flexibility index (Phi) is 6.59. The van der Waals surface area contributed by atoms with Crippen molar-refractivity contribution in [2.24, 2.45) is 0 Å². The number of benzene rings is 1. The second-order valence-corrected chi connectivity index (χ2v) is 6.31. The minimum absolute atomic E-state index is 0.107. The minimum atomic E-state index is -1.22. The molecule has 0 spiro atoms. The number of rotatable bonds is 5. The highest BCUT2D eigenvalue weighted by molar-refractivity contribution is 6.30. The lowest BCUT2D eigenvalue weighted by Crippen LogP contribution is -2.34. The summed E-state index contributed by atoms with van der Waals surface area (Å²) in [5.74, 6) is -0.598. The molecule has 0 aliphatic heterocycles. The van der Waals surface area contributed by atoms with Gasteiger partial charge in [-0.2, -0.15) is 0 Å². The fourth-order valence-corrected chi connectivity index (χ4v) is 1.90. The number of carbonyl (C=O) groups excluding carboxylic acids is 1. The van der Waals surface area contributed by atoms with Gasteiger partial charge >= 0.3 is 6.09 Å². The molecule has 0 saturated heterocycles. The van der Waals surface area contributed by atoms with Crippen molar-refractivity contribution in [3.63, 3.8) is 0 Å². The van der Waals surface area contributed by atoms with Crippen LogP contribution in [0.15, 0.2) is 18.2 Å². The molecular formula is C15H21ClFNO4. The third kappa shape index (κ3) is 6.17. The second-order valence-electron chi connectivity index (χ2n) is 5.90. The molecule has 0 aliphatic carbocycles. The molecule has 0 heterocycles. The second kappa shape index (κ2) is 7.76. The number of hydrogen-bond acceptors (Lipinski definition) is 4. The molecule has 0 aliphatic rings. The third-order valence-corrected chi connectivity index (χ3v) is 3.05. The first-order chi connectivity index (χ1) is 10.1. The number of amides is 1. The van der Waals surface area contributed by atoms with Gasteiger partial charge in [0.15, 0.2) is 0 Å². The molecule has 1 aromatic carbocycles. The van der Waals surface area contributed by atoms with Gasteiger partial charge in [0, 0.05) is 6.54 Å². The lowest BCUT2D eigenvalue weighted by molar-refractivity contribution is 0.0123. The van der Waals surface area contributed by atoms with Crippen LogP contribution in [0.5, 0.6) is 0 Å². The molecule has 0 bridgehead atoms. The molecule has 2 atom stereocenters. The first kappa shape index (κ1) is 18.7. The van der Waals surface area contributed by atoms with Gasteiger partial charge in [-0.3, -0.25) is 0 Å². The summed E-state index contributed by atoms with van der Waals surface area (Å²) in [5.41, 5.74) is -0.302. The molecule has 3 N–H and O–H groups in total. The number of hydrogen-bond donors (Lipinski definition) is 3. The average molecular weight is 334 g/mol. The zero-order valence-electron chi connectivity index (χ0n) is 12.8. The Labute approximate surface area is 134 Å². The van der Waals surface area contributed by atoms with Crippen LogP contribution in [0.4, 0.5) is 9.18 Å². The lowest BCUT2D eigenvalue weighted by Gasteiger charge is -2.21. The van der Waals surface area contributed by atoms with E-state index in [1.807, 2.05) is 0 Å². The Morgan fingerprint density at radius 3 is 2.59 bits per heavy atom. The van der Waals surface area contributed by atoms with Gasteiger partial charge in [0.05, 0.1) is 11.1 Å². The standard InChI is InChI=1S/C15H21ClFNO4/c1-15(2,3)22-14(21)18-7-6-12(19)13(20)9-4-5-11(17)10(16)8-9/h4-5,8,12-13,19-20H,6-7H2,1-3H3,(H,18,21). The van der Waals surface area contributed by atoms with E-state index in [2.05, 4.69) is 5.32 Å². The number of ether oxygens (including phenoxy) is 1. The van der Waals surface area contributed by atoms with E-state index in [4.69, 9.17) is 16.3 Å². The highest BCUT2D eigenvalue weighted by Crippen LogP contribution is 2.24. The van der Waals surface area contributed by atoms with Crippen LogP contribution < -0.4 is 5.32 Å². The molecule has 0 saturated carbocycles. The lowest BCUT2D eigenvalue weighted by atomic mass is 10.0. The topological polar surface area (TPSA) is 78.8 Å². The van der Waals surface area contributed by atoms with Crippen molar-refractivity contribution in [1.82, 2.24) is 5.32 Å². The summed E-state index contributed by atoms with van der Waals surface area (Å²) in [6, 6.07) is 3.72. The highest BCUT2D eigenvalue weighted by Gasteiger charge is 2.20. The largest absolute Gasteiger partial charge is 0.444 e. The van der Waals surface area contributed by atoms with Crippen LogP contribution in [-0.2, 0) is 4.74 Å². The van der Waals surface area contributed by atoms with Crippen LogP contribution in [0.25, 0.3) is 0 Å². The summed E-state index contributed by atoms with van der Waals surface area (Å²) in [6.45, 7) is 5.35. The predicted molar refractivity (Wildman–Crippen MR) is 81.2 cm³/mol. The first-order valence-electron chi connectivity index (χ1n) is 6.88. The van der Waals surface area contributed by atoms with Crippen LogP contribution in [0.3, 0.4) is 0 Å². The SMILES string of the molecule is CC(C)(C)OC(=O)NCCC(O)C(O)c1ccc(F)c(Cl)c1. The molecule has 22 heavy (non-hydrogen) atoms. The van der Waals surface area contributed by atoms with E-state index in [0.717, 1.165) is 6.07 Å². The molecule has 0 fully saturated rings. The minimum Gasteiger partial charge on any atom is -0.444 e. The van der Waals surface area contributed by atoms with E-state index in [0.29, 0.717) is 5.56 Å². The highest BCUT2D eigenvalue weighted by atomic mass is 35.5. The first-order valence-corrected chi connectivity index (χ1v) is 7.26. The van der Waals surface area contributed by atoms with Crippen LogP contribution in [-0.4, -0.2) is 34.6 Å². The maximum Gasteiger partial charge on any atom is 0.407 e. The summed E-state index contributed by atoms with van der Waals surface area (Å²) < 4.78 is 18.1. The fraction of sp³-hybridized carbons (Fsp3) is 0.533. The zero-order valence-corrected chi connectivity index (χ0v) is 13.5. The number of alkyl carbamates (subject to hydrolysis) is 1. The maximum atomic E-state index is 13.1. The molecule has 1 amide bonds. The summed E-state index contributed by atoms with van der Waals surface area (Å²) in [6.07, 6.45) is -2.84. The smallest absolute Gasteiger partial charge is 0.407 e. The van der Waals surface area contributed by atoms with Gasteiger partial charge in [-0.25, -0.2) is 9.18 Å². The monoisotopic (exact) mass is 333 g/mol. The van der Waals surface area contributed by atoms with Crippen molar-refractivity contribution in [3.8, 4) is 0 Å². The summed E-state index contributed by atoms with van der Waals surface area (Å²) >= 11 is 5.63. The Balaban J connectivity index is 2.46. The summed E-state index contributed by atoms with van der Waals surface area (Å²) in [4.78, 5) is 11.4. The van der Waals surface area contributed by atoms with Crippen molar-refractivity contribution in [2.75, 3.05) is 6.54 Å². The van der Waals surface area contributed by atoms with E-state index in [1.165, 1.54) is 12.1 Å². The molecular weight excluding hydrogens is 313 g/mol. The van der Waals surface area contributed by atoms with Crippen molar-refractivity contribution < 1.29 is 24.1 Å². The number of carbonyl (C=O) groups is 1. The van der Waals surface area contributed by atoms with Gasteiger partial charge in [0.25, 0.3) is 0 Å². The quantitative estimate of drug-likeness (QED) is 0.774. The van der Waals surface area contributed by atoms with E-state index >= 15 is 0 Å². The van der Waals surface area contributed by atoms with E-state index < -0.39 is 29.7 Å². The van der Waals surface area contributed by atoms with Gasteiger partial charge in [-0.15, -0.1) is 0 Å². The Morgan fingerprint density at radius 1 is 1.41 bits per heavy atom. The van der Waals surface area contributed by atoms with Crippen LogP contribution in [0, 0.1) is 5.82 Å². The Hall–Kier alpha value is -1.37. The molecule has 1 aromatic rings. The average Bonchev–Trinajstić information content (AvgIpc) is 2.38. The van der Waals surface area contributed by atoms with Gasteiger partial charge in [0.2, 0.25) is 0 Å². The molecule has 0 radical (unpaired) electrons.